The molecule has 12 heteroatoms. The maximum Gasteiger partial charge on any atom is 0.433 e. The highest BCUT2D eigenvalue weighted by atomic mass is 32.2. The SMILES string of the molecule is CC(C)(C)OC(=O)N1CCC(c2ccc(C(=O)CSc3nc4ccc(C(F)(F)F)nc4o3)s2)C1. The Hall–Kier alpha value is -2.60. The maximum absolute atomic E-state index is 12.8. The number of alkyl halides is 3. The molecule has 0 radical (unpaired) electrons. The van der Waals surface area contributed by atoms with E-state index >= 15 is 0 Å². The van der Waals surface area contributed by atoms with E-state index in [4.69, 9.17) is 9.15 Å². The summed E-state index contributed by atoms with van der Waals surface area (Å²) in [5.41, 5.74) is -1.65. The first-order valence-electron chi connectivity index (χ1n) is 10.5. The van der Waals surface area contributed by atoms with Gasteiger partial charge in [0.1, 0.15) is 16.8 Å². The average Bonchev–Trinajstić information content (AvgIpc) is 3.48. The van der Waals surface area contributed by atoms with Crippen LogP contribution in [0.5, 0.6) is 0 Å². The minimum atomic E-state index is -4.58. The normalized spacial score (nSPS) is 16.9. The minimum absolute atomic E-state index is 0.0214. The molecule has 1 saturated heterocycles. The van der Waals surface area contributed by atoms with E-state index in [0.717, 1.165) is 29.1 Å². The van der Waals surface area contributed by atoms with E-state index in [1.807, 2.05) is 26.8 Å². The van der Waals surface area contributed by atoms with E-state index in [9.17, 15) is 22.8 Å². The molecule has 4 rings (SSSR count). The lowest BCUT2D eigenvalue weighted by Gasteiger charge is -2.24. The Labute approximate surface area is 201 Å². The zero-order valence-corrected chi connectivity index (χ0v) is 20.3. The standard InChI is InChI=1S/C22H22F3N3O4S2/c1-21(2,3)32-20(30)28-9-8-12(10-28)15-5-6-16(34-15)14(29)11-33-19-26-13-4-7-17(22(23,24)25)27-18(13)31-19/h4-7,12H,8-11H2,1-3H3. The number of thiophene rings is 1. The van der Waals surface area contributed by atoms with Crippen LogP contribution in [0.1, 0.15) is 53.4 Å². The molecule has 0 aromatic carbocycles. The molecule has 1 atom stereocenters. The second-order valence-electron chi connectivity index (χ2n) is 8.82. The highest BCUT2D eigenvalue weighted by Gasteiger charge is 2.33. The van der Waals surface area contributed by atoms with Crippen molar-refractivity contribution in [2.24, 2.45) is 0 Å². The topological polar surface area (TPSA) is 85.5 Å². The van der Waals surface area contributed by atoms with Crippen LogP contribution in [0, 0.1) is 0 Å². The molecule has 1 amide bonds. The zero-order chi connectivity index (χ0) is 24.7. The van der Waals surface area contributed by atoms with E-state index in [1.165, 1.54) is 17.4 Å². The van der Waals surface area contributed by atoms with E-state index in [1.54, 1.807) is 11.0 Å². The van der Waals surface area contributed by atoms with Crippen molar-refractivity contribution in [2.75, 3.05) is 18.8 Å². The van der Waals surface area contributed by atoms with Gasteiger partial charge in [-0.15, -0.1) is 11.3 Å². The maximum atomic E-state index is 12.8. The van der Waals surface area contributed by atoms with Crippen LogP contribution in [-0.4, -0.2) is 51.2 Å². The summed E-state index contributed by atoms with van der Waals surface area (Å²) in [5.74, 6) is 0.0141. The Balaban J connectivity index is 1.35. The molecule has 1 unspecified atom stereocenters. The number of thioether (sulfide) groups is 1. The van der Waals surface area contributed by atoms with Gasteiger partial charge in [-0.2, -0.15) is 13.2 Å². The third kappa shape index (κ3) is 5.72. The zero-order valence-electron chi connectivity index (χ0n) is 18.6. The van der Waals surface area contributed by atoms with Crippen molar-refractivity contribution in [3.8, 4) is 0 Å². The number of fused-ring (bicyclic) bond motifs is 1. The molecule has 3 aromatic rings. The predicted molar refractivity (Wildman–Crippen MR) is 121 cm³/mol. The Morgan fingerprint density at radius 3 is 2.68 bits per heavy atom. The van der Waals surface area contributed by atoms with Crippen molar-refractivity contribution in [2.45, 2.75) is 50.1 Å². The molecular formula is C22H22F3N3O4S2. The molecule has 3 aromatic heterocycles. The molecule has 1 fully saturated rings. The van der Waals surface area contributed by atoms with Gasteiger partial charge in [-0.25, -0.2) is 14.8 Å². The fourth-order valence-corrected chi connectivity index (χ4v) is 5.30. The third-order valence-electron chi connectivity index (χ3n) is 5.00. The first-order chi connectivity index (χ1) is 15.9. The van der Waals surface area contributed by atoms with Crippen molar-refractivity contribution in [3.63, 3.8) is 0 Å². The van der Waals surface area contributed by atoms with E-state index in [0.29, 0.717) is 18.0 Å². The van der Waals surface area contributed by atoms with Crippen LogP contribution in [-0.2, 0) is 10.9 Å². The number of pyridine rings is 1. The number of carbonyl (C=O) groups is 2. The predicted octanol–water partition coefficient (Wildman–Crippen LogP) is 6.00. The van der Waals surface area contributed by atoms with Crippen molar-refractivity contribution in [3.05, 3.63) is 39.7 Å². The summed E-state index contributed by atoms with van der Waals surface area (Å²) in [6.07, 6.45) is -4.13. The largest absolute Gasteiger partial charge is 0.444 e. The van der Waals surface area contributed by atoms with E-state index in [2.05, 4.69) is 9.97 Å². The second-order valence-corrected chi connectivity index (χ2v) is 10.9. The van der Waals surface area contributed by atoms with Gasteiger partial charge in [-0.1, -0.05) is 11.8 Å². The molecule has 4 heterocycles. The van der Waals surface area contributed by atoms with Crippen LogP contribution in [0.25, 0.3) is 11.2 Å². The first kappa shape index (κ1) is 24.5. The number of nitrogens with zero attached hydrogens (tertiary/aromatic N) is 3. The molecule has 0 aliphatic carbocycles. The van der Waals surface area contributed by atoms with E-state index < -0.39 is 17.5 Å². The van der Waals surface area contributed by atoms with Crippen LogP contribution in [0.4, 0.5) is 18.0 Å². The summed E-state index contributed by atoms with van der Waals surface area (Å²) < 4.78 is 49.1. The number of hydrogen-bond acceptors (Lipinski definition) is 8. The number of hydrogen-bond donors (Lipinski definition) is 0. The van der Waals surface area contributed by atoms with Gasteiger partial charge in [0.15, 0.2) is 5.78 Å². The summed E-state index contributed by atoms with van der Waals surface area (Å²) >= 11 is 2.38. The van der Waals surface area contributed by atoms with Gasteiger partial charge in [0.05, 0.1) is 10.6 Å². The molecular weight excluding hydrogens is 491 g/mol. The number of ether oxygens (including phenoxy) is 1. The van der Waals surface area contributed by atoms with Gasteiger partial charge in [0.2, 0.25) is 5.71 Å². The molecule has 182 valence electrons. The van der Waals surface area contributed by atoms with Crippen molar-refractivity contribution in [1.82, 2.24) is 14.9 Å². The number of Topliss-reactive ketones (excluding diaryl/α,β-unsaturated/α-hetero) is 1. The summed E-state index contributed by atoms with van der Waals surface area (Å²) in [4.78, 5) is 35.7. The number of oxazole rings is 1. The molecule has 7 nitrogen and oxygen atoms in total. The van der Waals surface area contributed by atoms with Gasteiger partial charge in [-0.05, 0) is 51.5 Å². The third-order valence-corrected chi connectivity index (χ3v) is 7.11. The lowest BCUT2D eigenvalue weighted by molar-refractivity contribution is -0.141. The Bertz CT molecular complexity index is 1220. The Morgan fingerprint density at radius 2 is 1.97 bits per heavy atom. The van der Waals surface area contributed by atoms with Gasteiger partial charge in [-0.3, -0.25) is 4.79 Å². The summed E-state index contributed by atoms with van der Waals surface area (Å²) in [7, 11) is 0. The second kappa shape index (κ2) is 9.21. The molecule has 0 spiro atoms. The number of carbonyl (C=O) groups excluding carboxylic acids is 2. The highest BCUT2D eigenvalue weighted by Crippen LogP contribution is 2.34. The molecule has 1 aliphatic heterocycles. The summed E-state index contributed by atoms with van der Waals surface area (Å²) in [6.45, 7) is 6.60. The number of halogens is 3. The monoisotopic (exact) mass is 513 g/mol. The fourth-order valence-electron chi connectivity index (χ4n) is 3.42. The van der Waals surface area contributed by atoms with Crippen molar-refractivity contribution >= 4 is 46.2 Å². The first-order valence-corrected chi connectivity index (χ1v) is 12.3. The Kier molecular flexibility index (Phi) is 6.65. The average molecular weight is 514 g/mol. The smallest absolute Gasteiger partial charge is 0.433 e. The lowest BCUT2D eigenvalue weighted by Crippen LogP contribution is -2.35. The number of likely N-dealkylation sites (tertiary alicyclic amines) is 1. The van der Waals surface area contributed by atoms with Crippen LogP contribution >= 0.6 is 23.1 Å². The van der Waals surface area contributed by atoms with Gasteiger partial charge in [0.25, 0.3) is 5.22 Å². The van der Waals surface area contributed by atoms with Crippen LogP contribution in [0.15, 0.2) is 33.9 Å². The van der Waals surface area contributed by atoms with Crippen LogP contribution in [0.3, 0.4) is 0 Å². The van der Waals surface area contributed by atoms with Gasteiger partial charge >= 0.3 is 12.3 Å². The number of rotatable bonds is 5. The molecule has 0 saturated carbocycles. The lowest BCUT2D eigenvalue weighted by atomic mass is 10.1. The highest BCUT2D eigenvalue weighted by molar-refractivity contribution is 7.99. The molecule has 0 N–H and O–H groups in total. The van der Waals surface area contributed by atoms with Gasteiger partial charge < -0.3 is 14.1 Å². The summed E-state index contributed by atoms with van der Waals surface area (Å²) in [6, 6.07) is 5.68. The van der Waals surface area contributed by atoms with Crippen molar-refractivity contribution < 1.29 is 31.9 Å². The summed E-state index contributed by atoms with van der Waals surface area (Å²) in [5, 5.41) is 0.0794. The molecule has 34 heavy (non-hydrogen) atoms. The van der Waals surface area contributed by atoms with Crippen LogP contribution in [0.2, 0.25) is 0 Å². The number of aromatic nitrogens is 2. The number of ketones is 1. The molecule has 1 aliphatic rings. The van der Waals surface area contributed by atoms with E-state index in [-0.39, 0.29) is 40.0 Å². The molecule has 0 bridgehead atoms. The fraction of sp³-hybridized carbons (Fsp3) is 0.455. The van der Waals surface area contributed by atoms with Crippen molar-refractivity contribution in [1.29, 1.82) is 0 Å². The quantitative estimate of drug-likeness (QED) is 0.305. The Morgan fingerprint density at radius 1 is 1.21 bits per heavy atom. The number of amides is 1. The minimum Gasteiger partial charge on any atom is -0.444 e. The van der Waals surface area contributed by atoms with Gasteiger partial charge in [0, 0.05) is 23.9 Å². The van der Waals surface area contributed by atoms with Crippen LogP contribution < -0.4 is 0 Å².